The molecule has 1 aromatic rings. The van der Waals surface area contributed by atoms with Crippen LogP contribution in [0.25, 0.3) is 0 Å². The molecule has 0 radical (unpaired) electrons. The van der Waals surface area contributed by atoms with E-state index in [1.807, 2.05) is 13.0 Å². The Labute approximate surface area is 137 Å². The van der Waals surface area contributed by atoms with Crippen molar-refractivity contribution in [2.75, 3.05) is 18.5 Å². The Balaban J connectivity index is 1.80. The van der Waals surface area contributed by atoms with Gasteiger partial charge in [0.15, 0.2) is 11.5 Å². The van der Waals surface area contributed by atoms with Crippen molar-refractivity contribution in [3.05, 3.63) is 17.8 Å². The number of aliphatic hydroxyl groups is 1. The van der Waals surface area contributed by atoms with Gasteiger partial charge < -0.3 is 15.3 Å². The van der Waals surface area contributed by atoms with Crippen LogP contribution in [-0.2, 0) is 0 Å². The van der Waals surface area contributed by atoms with Crippen molar-refractivity contribution in [3.63, 3.8) is 0 Å². The average Bonchev–Trinajstić information content (AvgIpc) is 3.03. The van der Waals surface area contributed by atoms with Crippen molar-refractivity contribution in [2.45, 2.75) is 57.1 Å². The largest absolute Gasteiger partial charge is 0.390 e. The van der Waals surface area contributed by atoms with Gasteiger partial charge in [0.05, 0.1) is 5.60 Å². The average molecular weight is 318 g/mol. The standard InChI is InChI=1S/C17H26N4O2/c1-17(23)10-4-3-6-12(17)14-7-5-11-21(14)15-9-8-13(19-20-15)16(22)18-2/h8-9,12,14,23H,3-7,10-11H2,1-2H3,(H,18,22)/t12-,14+,17-/m0/s1. The zero-order valence-electron chi connectivity index (χ0n) is 14.0. The van der Waals surface area contributed by atoms with E-state index in [4.69, 9.17) is 0 Å². The van der Waals surface area contributed by atoms with Gasteiger partial charge in [-0.2, -0.15) is 0 Å². The summed E-state index contributed by atoms with van der Waals surface area (Å²) in [4.78, 5) is 13.9. The van der Waals surface area contributed by atoms with Crippen LogP contribution in [0.4, 0.5) is 5.82 Å². The summed E-state index contributed by atoms with van der Waals surface area (Å²) >= 11 is 0. The van der Waals surface area contributed by atoms with E-state index in [0.29, 0.717) is 11.7 Å². The summed E-state index contributed by atoms with van der Waals surface area (Å²) in [6.07, 6.45) is 6.43. The summed E-state index contributed by atoms with van der Waals surface area (Å²) in [5, 5.41) is 21.6. The highest BCUT2D eigenvalue weighted by atomic mass is 16.3. The van der Waals surface area contributed by atoms with Crippen molar-refractivity contribution in [1.29, 1.82) is 0 Å². The lowest BCUT2D eigenvalue weighted by atomic mass is 9.72. The van der Waals surface area contributed by atoms with Gasteiger partial charge in [0.25, 0.3) is 5.91 Å². The molecule has 1 saturated carbocycles. The number of carbonyl (C=O) groups is 1. The van der Waals surface area contributed by atoms with E-state index in [2.05, 4.69) is 20.4 Å². The molecule has 2 N–H and O–H groups in total. The summed E-state index contributed by atoms with van der Waals surface area (Å²) in [5.74, 6) is 0.859. The Bertz CT molecular complexity index is 558. The van der Waals surface area contributed by atoms with Crippen molar-refractivity contribution >= 4 is 11.7 Å². The second-order valence-electron chi connectivity index (χ2n) is 6.97. The Morgan fingerprint density at radius 2 is 2.13 bits per heavy atom. The SMILES string of the molecule is CNC(=O)c1ccc(N2CCC[C@@H]2[C@@H]2CCCC[C@]2(C)O)nn1. The van der Waals surface area contributed by atoms with Crippen LogP contribution in [0.5, 0.6) is 0 Å². The molecular formula is C17H26N4O2. The highest BCUT2D eigenvalue weighted by molar-refractivity contribution is 5.91. The number of aromatic nitrogens is 2. The first-order chi connectivity index (χ1) is 11.0. The van der Waals surface area contributed by atoms with Gasteiger partial charge in [0.2, 0.25) is 0 Å². The van der Waals surface area contributed by atoms with Crippen molar-refractivity contribution < 1.29 is 9.90 Å². The minimum Gasteiger partial charge on any atom is -0.390 e. The topological polar surface area (TPSA) is 78.4 Å². The van der Waals surface area contributed by atoms with Gasteiger partial charge in [-0.05, 0) is 44.7 Å². The van der Waals surface area contributed by atoms with E-state index in [1.165, 1.54) is 6.42 Å². The molecule has 2 heterocycles. The Morgan fingerprint density at radius 3 is 2.78 bits per heavy atom. The summed E-state index contributed by atoms with van der Waals surface area (Å²) in [5.41, 5.74) is -0.266. The van der Waals surface area contributed by atoms with Crippen LogP contribution in [0.15, 0.2) is 12.1 Å². The first-order valence-electron chi connectivity index (χ1n) is 8.58. The molecule has 3 rings (SSSR count). The zero-order chi connectivity index (χ0) is 16.4. The molecule has 1 amide bonds. The van der Waals surface area contributed by atoms with Gasteiger partial charge in [0.1, 0.15) is 0 Å². The maximum atomic E-state index is 11.6. The molecule has 0 bridgehead atoms. The van der Waals surface area contributed by atoms with Crippen LogP contribution < -0.4 is 10.2 Å². The molecule has 2 fully saturated rings. The van der Waals surface area contributed by atoms with Gasteiger partial charge in [0, 0.05) is 25.6 Å². The lowest BCUT2D eigenvalue weighted by Gasteiger charge is -2.43. The van der Waals surface area contributed by atoms with Crippen molar-refractivity contribution in [3.8, 4) is 0 Å². The summed E-state index contributed by atoms with van der Waals surface area (Å²) < 4.78 is 0. The molecule has 0 spiro atoms. The van der Waals surface area contributed by atoms with Gasteiger partial charge in [-0.25, -0.2) is 0 Å². The first-order valence-corrected chi connectivity index (χ1v) is 8.58. The molecule has 0 unspecified atom stereocenters. The highest BCUT2D eigenvalue weighted by Gasteiger charge is 2.43. The fourth-order valence-electron chi connectivity index (χ4n) is 4.17. The van der Waals surface area contributed by atoms with Gasteiger partial charge in [-0.3, -0.25) is 4.79 Å². The number of nitrogens with zero attached hydrogens (tertiary/aromatic N) is 3. The van der Waals surface area contributed by atoms with Gasteiger partial charge in [-0.1, -0.05) is 12.8 Å². The number of rotatable bonds is 3. The van der Waals surface area contributed by atoms with Crippen LogP contribution in [0.2, 0.25) is 0 Å². The molecule has 1 aliphatic heterocycles. The Kier molecular flexibility index (Phi) is 4.53. The number of nitrogens with one attached hydrogen (secondary N) is 1. The molecule has 0 aromatic carbocycles. The van der Waals surface area contributed by atoms with Crippen LogP contribution in [0.1, 0.15) is 55.9 Å². The third-order valence-electron chi connectivity index (χ3n) is 5.41. The fraction of sp³-hybridized carbons (Fsp3) is 0.706. The molecule has 23 heavy (non-hydrogen) atoms. The smallest absolute Gasteiger partial charge is 0.271 e. The summed E-state index contributed by atoms with van der Waals surface area (Å²) in [6, 6.07) is 3.90. The first kappa shape index (κ1) is 16.2. The van der Waals surface area contributed by atoms with E-state index in [9.17, 15) is 9.90 Å². The van der Waals surface area contributed by atoms with Crippen molar-refractivity contribution in [2.24, 2.45) is 5.92 Å². The van der Waals surface area contributed by atoms with E-state index < -0.39 is 5.60 Å². The van der Waals surface area contributed by atoms with Crippen LogP contribution >= 0.6 is 0 Å². The van der Waals surface area contributed by atoms with Crippen LogP contribution in [0, 0.1) is 5.92 Å². The molecule has 6 nitrogen and oxygen atoms in total. The molecular weight excluding hydrogens is 292 g/mol. The van der Waals surface area contributed by atoms with Crippen molar-refractivity contribution in [1.82, 2.24) is 15.5 Å². The normalized spacial score (nSPS) is 31.2. The molecule has 6 heteroatoms. The lowest BCUT2D eigenvalue weighted by molar-refractivity contribution is -0.0411. The fourth-order valence-corrected chi connectivity index (χ4v) is 4.17. The predicted octanol–water partition coefficient (Wildman–Crippen LogP) is 1.75. The second kappa shape index (κ2) is 6.43. The second-order valence-corrected chi connectivity index (χ2v) is 6.97. The minimum absolute atomic E-state index is 0.225. The molecule has 3 atom stereocenters. The third kappa shape index (κ3) is 3.17. The van der Waals surface area contributed by atoms with E-state index in [0.717, 1.165) is 44.5 Å². The van der Waals surface area contributed by atoms with Crippen LogP contribution in [0.3, 0.4) is 0 Å². The Hall–Kier alpha value is -1.69. The molecule has 1 aliphatic carbocycles. The van der Waals surface area contributed by atoms with Gasteiger partial charge >= 0.3 is 0 Å². The number of anilines is 1. The van der Waals surface area contributed by atoms with E-state index >= 15 is 0 Å². The molecule has 1 saturated heterocycles. The molecule has 1 aromatic heterocycles. The zero-order valence-corrected chi connectivity index (χ0v) is 14.0. The monoisotopic (exact) mass is 318 g/mol. The summed E-state index contributed by atoms with van der Waals surface area (Å²) in [6.45, 7) is 2.92. The molecule has 2 aliphatic rings. The third-order valence-corrected chi connectivity index (χ3v) is 5.41. The number of carbonyl (C=O) groups excluding carboxylic acids is 1. The van der Waals surface area contributed by atoms with Gasteiger partial charge in [-0.15, -0.1) is 10.2 Å². The minimum atomic E-state index is -0.596. The lowest BCUT2D eigenvalue weighted by Crippen LogP contribution is -2.49. The highest BCUT2D eigenvalue weighted by Crippen LogP contribution is 2.41. The van der Waals surface area contributed by atoms with Crippen LogP contribution in [-0.4, -0.2) is 46.4 Å². The summed E-state index contributed by atoms with van der Waals surface area (Å²) in [7, 11) is 1.58. The number of amides is 1. The number of hydrogen-bond donors (Lipinski definition) is 2. The Morgan fingerprint density at radius 1 is 1.30 bits per heavy atom. The maximum absolute atomic E-state index is 11.6. The van der Waals surface area contributed by atoms with E-state index in [-0.39, 0.29) is 11.8 Å². The quantitative estimate of drug-likeness (QED) is 0.887. The number of hydrogen-bond acceptors (Lipinski definition) is 5. The molecule has 126 valence electrons. The van der Waals surface area contributed by atoms with E-state index in [1.54, 1.807) is 13.1 Å². The maximum Gasteiger partial charge on any atom is 0.271 e. The predicted molar refractivity (Wildman–Crippen MR) is 88.4 cm³/mol.